The number of aromatic nitrogens is 2. The number of nitrogens with zero attached hydrogens (tertiary/aromatic N) is 4. The number of aliphatic imine (C=N–C) groups is 1. The number of likely N-dealkylation sites (tertiary alicyclic amines) is 1. The SMILES string of the molecule is CC(C)(C)OC(=O)NC1CCN(C2=NC(=O)C(=Cc3ccc4c(cnn4Cc4ccc(Cl)cc4C(F)(F)F)c3)S2)CC1. The van der Waals surface area contributed by atoms with Crippen LogP contribution in [-0.2, 0) is 22.3 Å². The van der Waals surface area contributed by atoms with Gasteiger partial charge in [-0.25, -0.2) is 4.79 Å². The highest BCUT2D eigenvalue weighted by atomic mass is 35.5. The van der Waals surface area contributed by atoms with Crippen LogP contribution in [0.25, 0.3) is 17.0 Å². The lowest BCUT2D eigenvalue weighted by Gasteiger charge is -2.33. The second kappa shape index (κ2) is 11.6. The molecule has 5 rings (SSSR count). The standard InChI is InChI=1S/C29H29ClF3N5O3S/c1-28(2,3)41-27(40)35-21-8-10-37(11-9-21)26-36-25(39)24(42-26)13-17-4-7-23-19(12-17)15-34-38(23)16-18-5-6-20(30)14-22(18)29(31,32)33/h4-7,12-15,21H,8-11,16H2,1-3H3,(H,35,40). The maximum absolute atomic E-state index is 13.6. The summed E-state index contributed by atoms with van der Waals surface area (Å²) in [5.41, 5.74) is 0.107. The zero-order chi connectivity index (χ0) is 30.2. The zero-order valence-electron chi connectivity index (χ0n) is 23.2. The molecule has 2 aliphatic rings. The van der Waals surface area contributed by atoms with Gasteiger partial charge in [0.15, 0.2) is 5.17 Å². The number of piperidine rings is 1. The summed E-state index contributed by atoms with van der Waals surface area (Å²) >= 11 is 7.11. The van der Waals surface area contributed by atoms with Crippen LogP contribution in [0, 0.1) is 0 Å². The number of alkyl halides is 3. The van der Waals surface area contributed by atoms with Crippen LogP contribution in [0.3, 0.4) is 0 Å². The third-order valence-electron chi connectivity index (χ3n) is 6.76. The second-order valence-corrected chi connectivity index (χ2v) is 12.6. The first-order chi connectivity index (χ1) is 19.7. The van der Waals surface area contributed by atoms with Crippen LogP contribution >= 0.6 is 23.4 Å². The maximum Gasteiger partial charge on any atom is 0.416 e. The van der Waals surface area contributed by atoms with E-state index in [-0.39, 0.29) is 29.1 Å². The number of amidine groups is 1. The molecule has 1 saturated heterocycles. The molecule has 2 aliphatic heterocycles. The molecule has 2 aromatic carbocycles. The molecule has 0 bridgehead atoms. The van der Waals surface area contributed by atoms with Gasteiger partial charge in [-0.05, 0) is 86.8 Å². The molecule has 0 unspecified atom stereocenters. The van der Waals surface area contributed by atoms with Gasteiger partial charge in [0.25, 0.3) is 5.91 Å². The van der Waals surface area contributed by atoms with Crippen LogP contribution < -0.4 is 5.32 Å². The first-order valence-corrected chi connectivity index (χ1v) is 14.5. The van der Waals surface area contributed by atoms with E-state index in [1.54, 1.807) is 24.4 Å². The summed E-state index contributed by atoms with van der Waals surface area (Å²) < 4.78 is 47.5. The summed E-state index contributed by atoms with van der Waals surface area (Å²) in [4.78, 5) is 31.5. The Hall–Kier alpha value is -3.51. The third kappa shape index (κ3) is 7.09. The van der Waals surface area contributed by atoms with Crippen molar-refractivity contribution in [3.05, 3.63) is 69.2 Å². The molecule has 3 heterocycles. The summed E-state index contributed by atoms with van der Waals surface area (Å²) in [6.45, 7) is 6.65. The van der Waals surface area contributed by atoms with Gasteiger partial charge in [0, 0.05) is 29.5 Å². The quantitative estimate of drug-likeness (QED) is 0.326. The maximum atomic E-state index is 13.6. The molecule has 0 atom stereocenters. The highest BCUT2D eigenvalue weighted by Gasteiger charge is 2.34. The summed E-state index contributed by atoms with van der Waals surface area (Å²) in [6, 6.07) is 9.09. The molecule has 1 aromatic heterocycles. The summed E-state index contributed by atoms with van der Waals surface area (Å²) in [5.74, 6) is -0.331. The van der Waals surface area contributed by atoms with Crippen molar-refractivity contribution < 1.29 is 27.5 Å². The van der Waals surface area contributed by atoms with E-state index in [2.05, 4.69) is 15.4 Å². The number of amides is 2. The van der Waals surface area contributed by atoms with Gasteiger partial charge in [-0.2, -0.15) is 23.3 Å². The molecule has 0 saturated carbocycles. The number of alkyl carbamates (subject to hydrolysis) is 1. The molecule has 0 spiro atoms. The van der Waals surface area contributed by atoms with Gasteiger partial charge in [-0.1, -0.05) is 23.7 Å². The first-order valence-electron chi connectivity index (χ1n) is 13.3. The van der Waals surface area contributed by atoms with Crippen molar-refractivity contribution in [2.24, 2.45) is 4.99 Å². The highest BCUT2D eigenvalue weighted by molar-refractivity contribution is 8.18. The van der Waals surface area contributed by atoms with Gasteiger partial charge in [0.2, 0.25) is 0 Å². The van der Waals surface area contributed by atoms with Gasteiger partial charge in [-0.3, -0.25) is 9.48 Å². The number of nitrogens with one attached hydrogen (secondary N) is 1. The summed E-state index contributed by atoms with van der Waals surface area (Å²) in [7, 11) is 0. The highest BCUT2D eigenvalue weighted by Crippen LogP contribution is 2.35. The number of ether oxygens (including phenoxy) is 1. The molecule has 222 valence electrons. The molecule has 8 nitrogen and oxygen atoms in total. The van der Waals surface area contributed by atoms with Crippen LogP contribution in [0.1, 0.15) is 50.3 Å². The third-order valence-corrected chi connectivity index (χ3v) is 8.04. The Morgan fingerprint density at radius 2 is 1.90 bits per heavy atom. The molecule has 1 N–H and O–H groups in total. The molecule has 13 heteroatoms. The number of carbonyl (C=O) groups is 2. The fourth-order valence-corrected chi connectivity index (χ4v) is 5.94. The van der Waals surface area contributed by atoms with Gasteiger partial charge in [-0.15, -0.1) is 0 Å². The van der Waals surface area contributed by atoms with E-state index in [0.717, 1.165) is 17.0 Å². The lowest BCUT2D eigenvalue weighted by molar-refractivity contribution is -0.138. The fraction of sp³-hybridized carbons (Fsp3) is 0.379. The van der Waals surface area contributed by atoms with Crippen molar-refractivity contribution in [1.82, 2.24) is 20.0 Å². The topological polar surface area (TPSA) is 88.8 Å². The van der Waals surface area contributed by atoms with E-state index in [4.69, 9.17) is 16.3 Å². The number of hydrogen-bond acceptors (Lipinski definition) is 6. The average molecular weight is 620 g/mol. The largest absolute Gasteiger partial charge is 0.444 e. The second-order valence-electron chi connectivity index (χ2n) is 11.1. The molecule has 1 fully saturated rings. The predicted molar refractivity (Wildman–Crippen MR) is 157 cm³/mol. The minimum atomic E-state index is -4.54. The van der Waals surface area contributed by atoms with Crippen molar-refractivity contribution in [2.45, 2.75) is 58.0 Å². The van der Waals surface area contributed by atoms with Crippen molar-refractivity contribution >= 4 is 57.5 Å². The molecular formula is C29H29ClF3N5O3S. The number of thioether (sulfide) groups is 1. The number of rotatable bonds is 4. The fourth-order valence-electron chi connectivity index (χ4n) is 4.81. The van der Waals surface area contributed by atoms with Gasteiger partial charge < -0.3 is 15.0 Å². The summed E-state index contributed by atoms with van der Waals surface area (Å²) in [5, 5.41) is 8.57. The Labute approximate surface area is 249 Å². The number of halogens is 4. The predicted octanol–water partition coefficient (Wildman–Crippen LogP) is 6.72. The average Bonchev–Trinajstić information content (AvgIpc) is 3.46. The Balaban J connectivity index is 1.23. The monoisotopic (exact) mass is 619 g/mol. The molecule has 42 heavy (non-hydrogen) atoms. The van der Waals surface area contributed by atoms with E-state index in [9.17, 15) is 22.8 Å². The number of fused-ring (bicyclic) bond motifs is 1. The molecular weight excluding hydrogens is 591 g/mol. The Morgan fingerprint density at radius 1 is 1.17 bits per heavy atom. The van der Waals surface area contributed by atoms with Crippen LogP contribution in [-0.4, -0.2) is 56.6 Å². The Kier molecular flexibility index (Phi) is 8.30. The number of hydrogen-bond donors (Lipinski definition) is 1. The molecule has 0 aliphatic carbocycles. The molecule has 3 aromatic rings. The van der Waals surface area contributed by atoms with Crippen molar-refractivity contribution in [3.63, 3.8) is 0 Å². The minimum absolute atomic E-state index is 0.0128. The van der Waals surface area contributed by atoms with Crippen LogP contribution in [0.15, 0.2) is 52.5 Å². The van der Waals surface area contributed by atoms with Crippen molar-refractivity contribution in [3.8, 4) is 0 Å². The van der Waals surface area contributed by atoms with E-state index in [1.807, 2.05) is 31.7 Å². The number of benzene rings is 2. The Morgan fingerprint density at radius 3 is 2.60 bits per heavy atom. The number of carbonyl (C=O) groups excluding carboxylic acids is 2. The van der Waals surface area contributed by atoms with Crippen molar-refractivity contribution in [2.75, 3.05) is 13.1 Å². The normalized spacial score (nSPS) is 17.7. The molecule has 0 radical (unpaired) electrons. The van der Waals surface area contributed by atoms with E-state index >= 15 is 0 Å². The van der Waals surface area contributed by atoms with Gasteiger partial charge in [0.05, 0.1) is 28.7 Å². The summed E-state index contributed by atoms with van der Waals surface area (Å²) in [6.07, 6.45) is -0.241. The van der Waals surface area contributed by atoms with Crippen LogP contribution in [0.2, 0.25) is 5.02 Å². The van der Waals surface area contributed by atoms with Crippen molar-refractivity contribution in [1.29, 1.82) is 0 Å². The lowest BCUT2D eigenvalue weighted by Crippen LogP contribution is -2.47. The Bertz CT molecular complexity index is 1590. The first kappa shape index (κ1) is 30.0. The smallest absolute Gasteiger partial charge is 0.416 e. The molecule has 2 amide bonds. The van der Waals surface area contributed by atoms with Crippen LogP contribution in [0.4, 0.5) is 18.0 Å². The van der Waals surface area contributed by atoms with Gasteiger partial charge in [0.1, 0.15) is 5.60 Å². The van der Waals surface area contributed by atoms with E-state index in [1.165, 1.54) is 28.6 Å². The van der Waals surface area contributed by atoms with Gasteiger partial charge >= 0.3 is 12.3 Å². The van der Waals surface area contributed by atoms with Crippen LogP contribution in [0.5, 0.6) is 0 Å². The lowest BCUT2D eigenvalue weighted by atomic mass is 10.1. The van der Waals surface area contributed by atoms with E-state index in [0.29, 0.717) is 41.5 Å². The zero-order valence-corrected chi connectivity index (χ0v) is 24.7. The van der Waals surface area contributed by atoms with E-state index < -0.39 is 23.4 Å². The minimum Gasteiger partial charge on any atom is -0.444 e.